The molecule has 1 saturated heterocycles. The van der Waals surface area contributed by atoms with Crippen LogP contribution in [-0.2, 0) is 9.53 Å². The van der Waals surface area contributed by atoms with Gasteiger partial charge in [0.15, 0.2) is 12.0 Å². The van der Waals surface area contributed by atoms with E-state index in [0.29, 0.717) is 4.90 Å². The van der Waals surface area contributed by atoms with Crippen molar-refractivity contribution in [1.29, 1.82) is 0 Å². The second-order valence-corrected chi connectivity index (χ2v) is 4.23. The summed E-state index contributed by atoms with van der Waals surface area (Å²) in [7, 11) is 0. The van der Waals surface area contributed by atoms with Crippen molar-refractivity contribution in [2.75, 3.05) is 19.7 Å². The number of ether oxygens (including phenoxy) is 1. The number of hydrogen-bond donors (Lipinski definition) is 1. The Balaban J connectivity index is 2.75. The average molecular weight is 309 g/mol. The molecule has 1 atom stereocenters. The van der Waals surface area contributed by atoms with Crippen LogP contribution in [0, 0.1) is 5.41 Å². The third-order valence-electron chi connectivity index (χ3n) is 2.84. The largest absolute Gasteiger partial charge is 0.481 e. The van der Waals surface area contributed by atoms with Crippen molar-refractivity contribution in [3.8, 4) is 0 Å². The van der Waals surface area contributed by atoms with Gasteiger partial charge in [-0.1, -0.05) is 0 Å². The van der Waals surface area contributed by atoms with E-state index < -0.39 is 55.9 Å². The van der Waals surface area contributed by atoms with Crippen molar-refractivity contribution in [2.24, 2.45) is 5.41 Å². The van der Waals surface area contributed by atoms with Gasteiger partial charge < -0.3 is 14.7 Å². The van der Waals surface area contributed by atoms with Crippen molar-refractivity contribution in [3.63, 3.8) is 0 Å². The molecule has 1 unspecified atom stereocenters. The summed E-state index contributed by atoms with van der Waals surface area (Å²) in [4.78, 5) is 22.2. The molecule has 0 aromatic carbocycles. The third kappa shape index (κ3) is 3.25. The fourth-order valence-electron chi connectivity index (χ4n) is 1.73. The summed E-state index contributed by atoms with van der Waals surface area (Å²) in [5.74, 6) is -2.18. The Morgan fingerprint density at radius 3 is 2.10 bits per heavy atom. The van der Waals surface area contributed by atoms with Crippen molar-refractivity contribution >= 4 is 12.1 Å². The minimum absolute atomic E-state index is 0.299. The fourth-order valence-corrected chi connectivity index (χ4v) is 1.73. The lowest BCUT2D eigenvalue weighted by Crippen LogP contribution is -2.48. The van der Waals surface area contributed by atoms with E-state index >= 15 is 0 Å². The van der Waals surface area contributed by atoms with Crippen LogP contribution in [0.3, 0.4) is 0 Å². The van der Waals surface area contributed by atoms with Gasteiger partial charge in [0.25, 0.3) is 0 Å². The number of nitrogens with zero attached hydrogens (tertiary/aromatic N) is 1. The van der Waals surface area contributed by atoms with Gasteiger partial charge in [-0.15, -0.1) is 0 Å². The molecule has 1 aliphatic rings. The highest BCUT2D eigenvalue weighted by Gasteiger charge is 2.64. The normalized spacial score (nSPS) is 23.8. The molecule has 116 valence electrons. The lowest BCUT2D eigenvalue weighted by molar-refractivity contribution is -0.227. The van der Waals surface area contributed by atoms with Gasteiger partial charge in [-0.3, -0.25) is 4.79 Å². The van der Waals surface area contributed by atoms with E-state index in [2.05, 4.69) is 4.74 Å². The number of hydrogen-bond acceptors (Lipinski definition) is 3. The maximum Gasteiger partial charge on any atom is 0.422 e. The molecule has 1 rings (SSSR count). The standard InChI is InChI=1S/C9H9F6NO4/c10-8(11,12)4-20-6(19)16-2-1-7(3-16,5(17)18)9(13,14)15/h1-4H2,(H,17,18). The van der Waals surface area contributed by atoms with Crippen LogP contribution in [0.2, 0.25) is 0 Å². The van der Waals surface area contributed by atoms with Gasteiger partial charge in [0.2, 0.25) is 0 Å². The van der Waals surface area contributed by atoms with Gasteiger partial charge in [-0.25, -0.2) is 4.79 Å². The van der Waals surface area contributed by atoms with Gasteiger partial charge in [0.1, 0.15) is 0 Å². The Labute approximate surface area is 108 Å². The van der Waals surface area contributed by atoms with Crippen LogP contribution in [0.15, 0.2) is 0 Å². The fraction of sp³-hybridized carbons (Fsp3) is 0.778. The first kappa shape index (κ1) is 16.4. The Hall–Kier alpha value is -1.68. The molecule has 0 aromatic rings. The summed E-state index contributed by atoms with van der Waals surface area (Å²) in [5.41, 5.74) is -3.18. The Kier molecular flexibility index (Phi) is 4.11. The molecule has 1 amide bonds. The van der Waals surface area contributed by atoms with Gasteiger partial charge >= 0.3 is 24.4 Å². The van der Waals surface area contributed by atoms with Crippen LogP contribution in [-0.4, -0.2) is 54.1 Å². The minimum atomic E-state index is -5.13. The number of halogens is 6. The van der Waals surface area contributed by atoms with Gasteiger partial charge in [0, 0.05) is 13.1 Å². The maximum atomic E-state index is 12.7. The Bertz CT molecular complexity index is 406. The second kappa shape index (κ2) is 5.02. The number of carboxylic acid groups (broad SMARTS) is 1. The molecule has 5 nitrogen and oxygen atoms in total. The van der Waals surface area contributed by atoms with Crippen LogP contribution in [0.25, 0.3) is 0 Å². The van der Waals surface area contributed by atoms with Crippen LogP contribution in [0.4, 0.5) is 31.1 Å². The molecule has 1 N–H and O–H groups in total. The minimum Gasteiger partial charge on any atom is -0.481 e. The van der Waals surface area contributed by atoms with E-state index in [1.807, 2.05) is 0 Å². The molecule has 0 spiro atoms. The highest BCUT2D eigenvalue weighted by atomic mass is 19.4. The molecular formula is C9H9F6NO4. The first-order valence-corrected chi connectivity index (χ1v) is 5.18. The molecule has 0 saturated carbocycles. The highest BCUT2D eigenvalue weighted by Crippen LogP contribution is 2.45. The molecule has 0 aromatic heterocycles. The predicted molar refractivity (Wildman–Crippen MR) is 49.7 cm³/mol. The zero-order valence-corrected chi connectivity index (χ0v) is 9.72. The van der Waals surface area contributed by atoms with Crippen LogP contribution in [0.5, 0.6) is 0 Å². The zero-order valence-electron chi connectivity index (χ0n) is 9.72. The molecule has 11 heteroatoms. The van der Waals surface area contributed by atoms with Crippen molar-refractivity contribution in [3.05, 3.63) is 0 Å². The summed E-state index contributed by atoms with van der Waals surface area (Å²) < 4.78 is 77.4. The number of carbonyl (C=O) groups is 2. The topological polar surface area (TPSA) is 66.8 Å². The molecule has 0 radical (unpaired) electrons. The van der Waals surface area contributed by atoms with E-state index in [9.17, 15) is 35.9 Å². The van der Waals surface area contributed by atoms with Crippen LogP contribution >= 0.6 is 0 Å². The number of alkyl halides is 6. The third-order valence-corrected chi connectivity index (χ3v) is 2.84. The highest BCUT2D eigenvalue weighted by molar-refractivity contribution is 5.78. The Morgan fingerprint density at radius 1 is 1.20 bits per heavy atom. The van der Waals surface area contributed by atoms with Crippen molar-refractivity contribution < 1.29 is 45.8 Å². The number of amides is 1. The van der Waals surface area contributed by atoms with Gasteiger partial charge in [0.05, 0.1) is 0 Å². The lowest BCUT2D eigenvalue weighted by Gasteiger charge is -2.27. The number of rotatable bonds is 2. The number of carbonyl (C=O) groups excluding carboxylic acids is 1. The summed E-state index contributed by atoms with van der Waals surface area (Å²) >= 11 is 0. The monoisotopic (exact) mass is 309 g/mol. The zero-order chi connectivity index (χ0) is 15.8. The van der Waals surface area contributed by atoms with Crippen molar-refractivity contribution in [1.82, 2.24) is 4.90 Å². The van der Waals surface area contributed by atoms with E-state index in [0.717, 1.165) is 0 Å². The van der Waals surface area contributed by atoms with Gasteiger partial charge in [-0.2, -0.15) is 26.3 Å². The lowest BCUT2D eigenvalue weighted by atomic mass is 9.86. The second-order valence-electron chi connectivity index (χ2n) is 4.23. The number of aliphatic carboxylic acids is 1. The molecule has 0 aliphatic carbocycles. The quantitative estimate of drug-likeness (QED) is 0.793. The predicted octanol–water partition coefficient (Wildman–Crippen LogP) is 2.02. The molecule has 1 fully saturated rings. The molecule has 1 heterocycles. The number of carboxylic acids is 1. The van der Waals surface area contributed by atoms with E-state index in [1.165, 1.54) is 0 Å². The van der Waals surface area contributed by atoms with Crippen LogP contribution in [0.1, 0.15) is 6.42 Å². The van der Waals surface area contributed by atoms with Crippen molar-refractivity contribution in [2.45, 2.75) is 18.8 Å². The molecule has 0 bridgehead atoms. The van der Waals surface area contributed by atoms with Crippen LogP contribution < -0.4 is 0 Å². The molecule has 20 heavy (non-hydrogen) atoms. The first-order valence-electron chi connectivity index (χ1n) is 5.18. The van der Waals surface area contributed by atoms with E-state index in [4.69, 9.17) is 5.11 Å². The molecular weight excluding hydrogens is 300 g/mol. The molecule has 1 aliphatic heterocycles. The smallest absolute Gasteiger partial charge is 0.422 e. The SMILES string of the molecule is O=C(OCC(F)(F)F)N1CCC(C(=O)O)(C(F)(F)F)C1. The maximum absolute atomic E-state index is 12.7. The van der Waals surface area contributed by atoms with Gasteiger partial charge in [-0.05, 0) is 6.42 Å². The van der Waals surface area contributed by atoms with E-state index in [-0.39, 0.29) is 0 Å². The summed E-state index contributed by atoms with van der Waals surface area (Å²) in [6, 6.07) is 0. The average Bonchev–Trinajstić information content (AvgIpc) is 2.70. The summed E-state index contributed by atoms with van der Waals surface area (Å²) in [6.45, 7) is -3.88. The first-order chi connectivity index (χ1) is 8.89. The Morgan fingerprint density at radius 2 is 1.75 bits per heavy atom. The summed E-state index contributed by atoms with van der Waals surface area (Å²) in [6.07, 6.45) is -12.5. The number of likely N-dealkylation sites (tertiary alicyclic amines) is 1. The summed E-state index contributed by atoms with van der Waals surface area (Å²) in [5, 5.41) is 8.68. The van der Waals surface area contributed by atoms with E-state index in [1.54, 1.807) is 0 Å².